The van der Waals surface area contributed by atoms with Gasteiger partial charge in [-0.25, -0.2) is 0 Å². The molecule has 1 heterocycles. The van der Waals surface area contributed by atoms with E-state index in [0.29, 0.717) is 24.0 Å². The van der Waals surface area contributed by atoms with Crippen molar-refractivity contribution in [1.29, 1.82) is 0 Å². The molecule has 0 unspecified atom stereocenters. The van der Waals surface area contributed by atoms with Gasteiger partial charge in [0.25, 0.3) is 11.0 Å². The third-order valence-electron chi connectivity index (χ3n) is 5.70. The molecule has 38 heavy (non-hydrogen) atoms. The molecule has 0 aliphatic heterocycles. The van der Waals surface area contributed by atoms with Gasteiger partial charge >= 0.3 is 6.01 Å². The summed E-state index contributed by atoms with van der Waals surface area (Å²) >= 11 is 0. The van der Waals surface area contributed by atoms with Gasteiger partial charge in [-0.2, -0.15) is 9.97 Å². The number of rotatable bonds is 15. The van der Waals surface area contributed by atoms with Crippen LogP contribution in [0.15, 0.2) is 66.7 Å². The maximum atomic E-state index is 13.8. The van der Waals surface area contributed by atoms with Crippen LogP contribution in [0.1, 0.15) is 24.0 Å². The van der Waals surface area contributed by atoms with Crippen LogP contribution in [0.2, 0.25) is 0 Å². The van der Waals surface area contributed by atoms with Crippen molar-refractivity contribution >= 4 is 5.91 Å². The van der Waals surface area contributed by atoms with Crippen molar-refractivity contribution in [2.24, 2.45) is 0 Å². The second-order valence-corrected chi connectivity index (χ2v) is 7.96. The zero-order valence-corrected chi connectivity index (χ0v) is 21.4. The van der Waals surface area contributed by atoms with Gasteiger partial charge in [0.05, 0.1) is 26.9 Å². The second kappa shape index (κ2) is 13.7. The van der Waals surface area contributed by atoms with Gasteiger partial charge in [-0.05, 0) is 24.0 Å². The topological polar surface area (TPSA) is 144 Å². The van der Waals surface area contributed by atoms with E-state index in [-0.39, 0.29) is 30.9 Å². The Kier molecular flexibility index (Phi) is 10.2. The standard InChI is InChI=1S/C26H30N4O8/c1-34-21-18-22(35-2)29-25(28-21)38-23(24(31)27-16-10-11-17-37-30(32)33)26(36-3,19-12-6-4-7-13-19)20-14-8-5-9-15-20/h4-9,12-15,18,23H,10-11,16-17H2,1-3H3,(H,27,31)/t23-/m1/s1. The van der Waals surface area contributed by atoms with Gasteiger partial charge in [0.2, 0.25) is 17.9 Å². The highest BCUT2D eigenvalue weighted by Gasteiger charge is 2.49. The summed E-state index contributed by atoms with van der Waals surface area (Å²) in [5.74, 6) is -0.154. The summed E-state index contributed by atoms with van der Waals surface area (Å²) in [5.41, 5.74) is -0.104. The molecule has 0 bridgehead atoms. The van der Waals surface area contributed by atoms with Crippen molar-refractivity contribution in [3.8, 4) is 17.8 Å². The summed E-state index contributed by atoms with van der Waals surface area (Å²) in [7, 11) is 4.36. The van der Waals surface area contributed by atoms with E-state index in [2.05, 4.69) is 20.1 Å². The minimum Gasteiger partial charge on any atom is -0.481 e. The Morgan fingerprint density at radius 3 is 1.97 bits per heavy atom. The largest absolute Gasteiger partial charge is 0.481 e. The molecule has 1 amide bonds. The summed E-state index contributed by atoms with van der Waals surface area (Å²) < 4.78 is 22.8. The van der Waals surface area contributed by atoms with Crippen LogP contribution in [0.3, 0.4) is 0 Å². The van der Waals surface area contributed by atoms with Crippen LogP contribution in [0, 0.1) is 10.1 Å². The van der Waals surface area contributed by atoms with E-state index in [0.717, 1.165) is 0 Å². The lowest BCUT2D eigenvalue weighted by atomic mass is 9.80. The lowest BCUT2D eigenvalue weighted by Crippen LogP contribution is -2.54. The Balaban J connectivity index is 2.03. The number of nitrogens with one attached hydrogen (secondary N) is 1. The van der Waals surface area contributed by atoms with Gasteiger partial charge < -0.3 is 29.1 Å². The van der Waals surface area contributed by atoms with Gasteiger partial charge in [0.1, 0.15) is 0 Å². The summed E-state index contributed by atoms with van der Waals surface area (Å²) in [5, 5.41) is 12.4. The number of aromatic nitrogens is 2. The minimum absolute atomic E-state index is 0.0731. The van der Waals surface area contributed by atoms with Crippen LogP contribution in [-0.2, 0) is 20.0 Å². The molecule has 12 heteroatoms. The summed E-state index contributed by atoms with van der Waals surface area (Å²) in [6, 6.07) is 19.7. The Morgan fingerprint density at radius 2 is 1.50 bits per heavy atom. The van der Waals surface area contributed by atoms with Gasteiger partial charge in [-0.1, -0.05) is 60.7 Å². The van der Waals surface area contributed by atoms with Crippen LogP contribution in [0.5, 0.6) is 17.8 Å². The van der Waals surface area contributed by atoms with Crippen molar-refractivity contribution in [3.05, 3.63) is 88.0 Å². The molecule has 0 saturated heterocycles. The number of unbranched alkanes of at least 4 members (excludes halogenated alkanes) is 1. The molecule has 0 aliphatic carbocycles. The maximum absolute atomic E-state index is 13.8. The molecule has 2 aromatic carbocycles. The molecule has 0 spiro atoms. The second-order valence-electron chi connectivity index (χ2n) is 7.96. The van der Waals surface area contributed by atoms with Gasteiger partial charge in [-0.3, -0.25) is 4.79 Å². The third-order valence-corrected chi connectivity index (χ3v) is 5.70. The van der Waals surface area contributed by atoms with Gasteiger partial charge in [0, 0.05) is 13.7 Å². The van der Waals surface area contributed by atoms with Crippen molar-refractivity contribution in [1.82, 2.24) is 15.3 Å². The highest BCUT2D eigenvalue weighted by Crippen LogP contribution is 2.39. The number of methoxy groups -OCH3 is 3. The van der Waals surface area contributed by atoms with Gasteiger partial charge in [0.15, 0.2) is 5.60 Å². The van der Waals surface area contributed by atoms with Crippen LogP contribution in [0.4, 0.5) is 0 Å². The molecule has 0 fully saturated rings. The van der Waals surface area contributed by atoms with E-state index in [9.17, 15) is 14.9 Å². The SMILES string of the molecule is COc1cc(OC)nc(O[C@H](C(=O)NCCCCO[N+](=O)[O-])C(OC)(c2ccccc2)c2ccccc2)n1. The molecule has 0 radical (unpaired) electrons. The van der Waals surface area contributed by atoms with Crippen molar-refractivity contribution in [3.63, 3.8) is 0 Å². The van der Waals surface area contributed by atoms with E-state index in [1.165, 1.54) is 27.4 Å². The first-order valence-corrected chi connectivity index (χ1v) is 11.8. The number of amides is 1. The van der Waals surface area contributed by atoms with E-state index in [1.807, 2.05) is 60.7 Å². The fraction of sp³-hybridized carbons (Fsp3) is 0.346. The molecule has 12 nitrogen and oxygen atoms in total. The Labute approximate surface area is 220 Å². The molecule has 1 N–H and O–H groups in total. The van der Waals surface area contributed by atoms with E-state index < -0.39 is 22.7 Å². The zero-order chi connectivity index (χ0) is 27.4. The molecule has 202 valence electrons. The minimum atomic E-state index is -1.42. The van der Waals surface area contributed by atoms with E-state index >= 15 is 0 Å². The quantitative estimate of drug-likeness (QED) is 0.178. The normalized spacial score (nSPS) is 11.8. The first kappa shape index (κ1) is 28.1. The number of hydrogen-bond acceptors (Lipinski definition) is 10. The van der Waals surface area contributed by atoms with Crippen molar-refractivity contribution in [2.75, 3.05) is 34.5 Å². The van der Waals surface area contributed by atoms with Crippen molar-refractivity contribution < 1.29 is 33.7 Å². The summed E-state index contributed by atoms with van der Waals surface area (Å²) in [6.45, 7) is 0.141. The molecular weight excluding hydrogens is 496 g/mol. The van der Waals surface area contributed by atoms with Crippen LogP contribution in [0.25, 0.3) is 0 Å². The molecule has 3 rings (SSSR count). The predicted octanol–water partition coefficient (Wildman–Crippen LogP) is 2.94. The highest BCUT2D eigenvalue weighted by molar-refractivity contribution is 5.83. The van der Waals surface area contributed by atoms with E-state index in [4.69, 9.17) is 18.9 Å². The third kappa shape index (κ3) is 6.85. The predicted molar refractivity (Wildman–Crippen MR) is 135 cm³/mol. The number of carbonyl (C=O) groups excluding carboxylic acids is 1. The van der Waals surface area contributed by atoms with Crippen LogP contribution >= 0.6 is 0 Å². The number of benzene rings is 2. The number of carbonyl (C=O) groups is 1. The first-order valence-electron chi connectivity index (χ1n) is 11.8. The molecule has 1 atom stereocenters. The molecule has 0 aliphatic rings. The van der Waals surface area contributed by atoms with Gasteiger partial charge in [-0.15, -0.1) is 10.1 Å². The zero-order valence-electron chi connectivity index (χ0n) is 21.4. The molecule has 3 aromatic rings. The van der Waals surface area contributed by atoms with Crippen molar-refractivity contribution in [2.45, 2.75) is 24.5 Å². The lowest BCUT2D eigenvalue weighted by Gasteiger charge is -2.39. The maximum Gasteiger partial charge on any atom is 0.324 e. The number of nitrogens with zero attached hydrogens (tertiary/aromatic N) is 3. The Hall–Kier alpha value is -4.45. The molecule has 1 aromatic heterocycles. The van der Waals surface area contributed by atoms with E-state index in [1.54, 1.807) is 0 Å². The van der Waals surface area contributed by atoms with Crippen LogP contribution in [-0.4, -0.2) is 61.5 Å². The van der Waals surface area contributed by atoms with Crippen LogP contribution < -0.4 is 19.5 Å². The fourth-order valence-corrected chi connectivity index (χ4v) is 3.93. The lowest BCUT2D eigenvalue weighted by molar-refractivity contribution is -0.757. The Morgan fingerprint density at radius 1 is 0.947 bits per heavy atom. The number of hydrogen-bond donors (Lipinski definition) is 1. The molecular formula is C26H30N4O8. The smallest absolute Gasteiger partial charge is 0.324 e. The average Bonchev–Trinajstić information content (AvgIpc) is 2.95. The number of ether oxygens (including phenoxy) is 4. The Bertz CT molecular complexity index is 1120. The highest BCUT2D eigenvalue weighted by atomic mass is 16.9. The molecule has 0 saturated carbocycles. The first-order chi connectivity index (χ1) is 18.4. The summed E-state index contributed by atoms with van der Waals surface area (Å²) in [4.78, 5) is 37.0. The fourth-order valence-electron chi connectivity index (χ4n) is 3.93. The average molecular weight is 527 g/mol. The summed E-state index contributed by atoms with van der Waals surface area (Å²) in [6.07, 6.45) is -0.508. The monoisotopic (exact) mass is 526 g/mol.